The molecule has 1 aliphatic carbocycles. The third-order valence-corrected chi connectivity index (χ3v) is 4.56. The van der Waals surface area contributed by atoms with Gasteiger partial charge in [-0.15, -0.1) is 6.42 Å². The minimum Gasteiger partial charge on any atom is -0.445 e. The molecule has 0 saturated carbocycles. The number of carbonyl (C=O) groups is 1. The van der Waals surface area contributed by atoms with Gasteiger partial charge in [0.25, 0.3) is 0 Å². The number of terminal acetylenes is 1. The molecule has 1 amide bonds. The van der Waals surface area contributed by atoms with Crippen LogP contribution in [0.15, 0.2) is 53.0 Å². The topological polar surface area (TPSA) is 38.3 Å². The molecule has 1 atom stereocenters. The second-order valence-electron chi connectivity index (χ2n) is 5.54. The molecule has 0 radical (unpaired) electrons. The summed E-state index contributed by atoms with van der Waals surface area (Å²) >= 11 is 3.46. The summed E-state index contributed by atoms with van der Waals surface area (Å²) in [6.07, 6.45) is 6.76. The summed E-state index contributed by atoms with van der Waals surface area (Å²) < 4.78 is 6.31. The molecular formula is C19H16BrNO2. The highest BCUT2D eigenvalue weighted by molar-refractivity contribution is 9.10. The minimum atomic E-state index is -0.788. The van der Waals surface area contributed by atoms with Crippen LogP contribution in [0.2, 0.25) is 0 Å². The predicted molar refractivity (Wildman–Crippen MR) is 92.7 cm³/mol. The van der Waals surface area contributed by atoms with Crippen molar-refractivity contribution >= 4 is 22.0 Å². The fraction of sp³-hybridized carbons (Fsp3) is 0.211. The maximum atomic E-state index is 12.2. The van der Waals surface area contributed by atoms with Crippen LogP contribution in [0, 0.1) is 12.3 Å². The van der Waals surface area contributed by atoms with Gasteiger partial charge in [0.15, 0.2) is 0 Å². The zero-order valence-corrected chi connectivity index (χ0v) is 14.1. The van der Waals surface area contributed by atoms with Gasteiger partial charge in [0.2, 0.25) is 0 Å². The molecule has 23 heavy (non-hydrogen) atoms. The summed E-state index contributed by atoms with van der Waals surface area (Å²) in [4.78, 5) is 12.2. The summed E-state index contributed by atoms with van der Waals surface area (Å²) in [7, 11) is 0. The molecule has 4 heteroatoms. The summed E-state index contributed by atoms with van der Waals surface area (Å²) in [6.45, 7) is 0.223. The number of nitrogens with one attached hydrogen (secondary N) is 1. The van der Waals surface area contributed by atoms with Gasteiger partial charge >= 0.3 is 6.09 Å². The fourth-order valence-electron chi connectivity index (χ4n) is 2.89. The number of rotatable bonds is 3. The van der Waals surface area contributed by atoms with E-state index in [1.54, 1.807) is 0 Å². The first-order valence-corrected chi connectivity index (χ1v) is 8.18. The van der Waals surface area contributed by atoms with Crippen molar-refractivity contribution in [3.05, 3.63) is 69.7 Å². The lowest BCUT2D eigenvalue weighted by atomic mass is 9.93. The maximum absolute atomic E-state index is 12.2. The van der Waals surface area contributed by atoms with Crippen LogP contribution in [0.25, 0.3) is 0 Å². The van der Waals surface area contributed by atoms with Crippen LogP contribution in [0.1, 0.15) is 23.1 Å². The van der Waals surface area contributed by atoms with Gasteiger partial charge < -0.3 is 10.1 Å². The van der Waals surface area contributed by atoms with E-state index in [2.05, 4.69) is 27.2 Å². The number of hydrogen-bond acceptors (Lipinski definition) is 2. The van der Waals surface area contributed by atoms with Crippen LogP contribution in [0.4, 0.5) is 4.79 Å². The number of aryl methyl sites for hydroxylation is 1. The Bertz CT molecular complexity index is 767. The normalized spacial score (nSPS) is 18.8. The number of amides is 1. The Morgan fingerprint density at radius 1 is 1.30 bits per heavy atom. The van der Waals surface area contributed by atoms with E-state index in [1.165, 1.54) is 0 Å². The highest BCUT2D eigenvalue weighted by atomic mass is 79.9. The monoisotopic (exact) mass is 369 g/mol. The van der Waals surface area contributed by atoms with E-state index in [9.17, 15) is 4.79 Å². The van der Waals surface area contributed by atoms with Crippen LogP contribution >= 0.6 is 15.9 Å². The van der Waals surface area contributed by atoms with E-state index in [1.807, 2.05) is 48.5 Å². The second-order valence-corrected chi connectivity index (χ2v) is 6.45. The van der Waals surface area contributed by atoms with E-state index in [0.717, 1.165) is 27.6 Å². The van der Waals surface area contributed by atoms with Crippen molar-refractivity contribution in [1.29, 1.82) is 0 Å². The number of carbonyl (C=O) groups excluding carboxylic acids is 1. The number of fused-ring (bicyclic) bond motifs is 1. The van der Waals surface area contributed by atoms with Crippen molar-refractivity contribution in [2.75, 3.05) is 0 Å². The molecule has 116 valence electrons. The summed E-state index contributed by atoms with van der Waals surface area (Å²) in [5.74, 6) is 2.75. The van der Waals surface area contributed by atoms with Crippen molar-refractivity contribution in [3.63, 3.8) is 0 Å². The Balaban J connectivity index is 1.71. The molecule has 1 N–H and O–H groups in total. The molecule has 0 spiro atoms. The van der Waals surface area contributed by atoms with Gasteiger partial charge in [0, 0.05) is 4.47 Å². The molecule has 0 bridgehead atoms. The Morgan fingerprint density at radius 3 is 2.83 bits per heavy atom. The molecule has 3 rings (SSSR count). The number of alkyl carbamates (subject to hydrolysis) is 1. The van der Waals surface area contributed by atoms with Gasteiger partial charge in [-0.2, -0.15) is 0 Å². The standard InChI is InChI=1S/C19H16BrNO2/c1-2-19(11-10-15-12-16(20)8-9-17(15)19)21-18(22)23-13-14-6-4-3-5-7-14/h1,3-9,12H,10-11,13H2,(H,21,22). The van der Waals surface area contributed by atoms with Crippen LogP contribution in [-0.4, -0.2) is 6.09 Å². The first-order valence-electron chi connectivity index (χ1n) is 7.38. The molecule has 1 aliphatic rings. The number of hydrogen-bond donors (Lipinski definition) is 1. The van der Waals surface area contributed by atoms with E-state index in [-0.39, 0.29) is 6.61 Å². The zero-order chi connectivity index (χ0) is 16.3. The lowest BCUT2D eigenvalue weighted by Gasteiger charge is -2.25. The summed E-state index contributed by atoms with van der Waals surface area (Å²) in [5, 5.41) is 2.88. The lowest BCUT2D eigenvalue weighted by molar-refractivity contribution is 0.131. The molecule has 2 aromatic carbocycles. The average molecular weight is 370 g/mol. The molecule has 2 aromatic rings. The van der Waals surface area contributed by atoms with Crippen molar-refractivity contribution < 1.29 is 9.53 Å². The van der Waals surface area contributed by atoms with E-state index >= 15 is 0 Å². The van der Waals surface area contributed by atoms with Gasteiger partial charge in [0.1, 0.15) is 12.1 Å². The number of ether oxygens (including phenoxy) is 1. The highest BCUT2D eigenvalue weighted by Gasteiger charge is 2.39. The van der Waals surface area contributed by atoms with Crippen LogP contribution < -0.4 is 5.32 Å². The SMILES string of the molecule is C#CC1(NC(=O)OCc2ccccc2)CCc2cc(Br)ccc21. The highest BCUT2D eigenvalue weighted by Crippen LogP contribution is 2.37. The molecule has 1 unspecified atom stereocenters. The van der Waals surface area contributed by atoms with E-state index < -0.39 is 11.6 Å². The molecule has 0 saturated heterocycles. The molecular weight excluding hydrogens is 354 g/mol. The Labute approximate surface area is 144 Å². The third-order valence-electron chi connectivity index (χ3n) is 4.07. The summed E-state index contributed by atoms with van der Waals surface area (Å²) in [6, 6.07) is 15.5. The predicted octanol–water partition coefficient (Wildman–Crippen LogP) is 4.15. The quantitative estimate of drug-likeness (QED) is 0.825. The third kappa shape index (κ3) is 3.25. The van der Waals surface area contributed by atoms with Gasteiger partial charge in [-0.3, -0.25) is 0 Å². The van der Waals surface area contributed by atoms with Crippen molar-refractivity contribution in [2.24, 2.45) is 0 Å². The fourth-order valence-corrected chi connectivity index (χ4v) is 3.30. The second kappa shape index (κ2) is 6.47. The Hall–Kier alpha value is -2.25. The molecule has 0 fully saturated rings. The molecule has 3 nitrogen and oxygen atoms in total. The summed E-state index contributed by atoms with van der Waals surface area (Å²) in [5.41, 5.74) is 2.28. The molecule has 0 heterocycles. The maximum Gasteiger partial charge on any atom is 0.408 e. The largest absolute Gasteiger partial charge is 0.445 e. The number of halogens is 1. The van der Waals surface area contributed by atoms with Crippen LogP contribution in [-0.2, 0) is 23.3 Å². The number of benzene rings is 2. The molecule has 0 aromatic heterocycles. The molecule has 0 aliphatic heterocycles. The van der Waals surface area contributed by atoms with Crippen LogP contribution in [0.5, 0.6) is 0 Å². The van der Waals surface area contributed by atoms with Crippen molar-refractivity contribution in [1.82, 2.24) is 5.32 Å². The zero-order valence-electron chi connectivity index (χ0n) is 12.5. The van der Waals surface area contributed by atoms with Gasteiger partial charge in [0.05, 0.1) is 0 Å². The van der Waals surface area contributed by atoms with Gasteiger partial charge in [-0.25, -0.2) is 4.79 Å². The smallest absolute Gasteiger partial charge is 0.408 e. The van der Waals surface area contributed by atoms with Gasteiger partial charge in [-0.1, -0.05) is 58.2 Å². The van der Waals surface area contributed by atoms with Gasteiger partial charge in [-0.05, 0) is 41.7 Å². The van der Waals surface area contributed by atoms with E-state index in [0.29, 0.717) is 6.42 Å². The van der Waals surface area contributed by atoms with Crippen molar-refractivity contribution in [2.45, 2.75) is 25.0 Å². The lowest BCUT2D eigenvalue weighted by Crippen LogP contribution is -2.43. The van der Waals surface area contributed by atoms with Crippen molar-refractivity contribution in [3.8, 4) is 12.3 Å². The average Bonchev–Trinajstić information content (AvgIpc) is 2.92. The minimum absolute atomic E-state index is 0.223. The Morgan fingerprint density at radius 2 is 2.09 bits per heavy atom. The first kappa shape index (κ1) is 15.6. The Kier molecular flexibility index (Phi) is 4.40. The van der Waals surface area contributed by atoms with E-state index in [4.69, 9.17) is 11.2 Å². The van der Waals surface area contributed by atoms with Crippen LogP contribution in [0.3, 0.4) is 0 Å². The first-order chi connectivity index (χ1) is 11.1.